The van der Waals surface area contributed by atoms with E-state index in [2.05, 4.69) is 24.3 Å². The molecule has 0 rings (SSSR count). The minimum absolute atomic E-state index is 0.0314. The maximum absolute atomic E-state index is 12.2. The zero-order valence-corrected chi connectivity index (χ0v) is 13.1. The predicted molar refractivity (Wildman–Crippen MR) is 79.7 cm³/mol. The number of hydrogen-bond acceptors (Lipinski definition) is 4. The lowest BCUT2D eigenvalue weighted by Crippen LogP contribution is -2.49. The van der Waals surface area contributed by atoms with Crippen LogP contribution >= 0.6 is 0 Å². The number of nitrogens with one attached hydrogen (secondary N) is 1. The molecule has 0 aromatic carbocycles. The molecule has 0 aliphatic heterocycles. The molecule has 0 aromatic rings. The monoisotopic (exact) mass is 287 g/mol. The number of oxime groups is 1. The van der Waals surface area contributed by atoms with Gasteiger partial charge in [0.1, 0.15) is 5.41 Å². The van der Waals surface area contributed by atoms with Crippen LogP contribution in [-0.4, -0.2) is 36.7 Å². The van der Waals surface area contributed by atoms with E-state index in [0.717, 1.165) is 13.0 Å². The Balaban J connectivity index is 4.23. The summed E-state index contributed by atoms with van der Waals surface area (Å²) in [6, 6.07) is 0. The lowest BCUT2D eigenvalue weighted by atomic mass is 9.80. The van der Waals surface area contributed by atoms with Gasteiger partial charge in [-0.15, -0.1) is 0 Å². The predicted octanol–water partition coefficient (Wildman–Crippen LogP) is 1.72. The molecular formula is C14H29N3O3. The third-order valence-corrected chi connectivity index (χ3v) is 3.44. The molecule has 1 amide bonds. The van der Waals surface area contributed by atoms with Crippen molar-refractivity contribution in [2.75, 3.05) is 19.8 Å². The first kappa shape index (κ1) is 18.7. The van der Waals surface area contributed by atoms with Crippen molar-refractivity contribution in [1.82, 2.24) is 5.32 Å². The largest absolute Gasteiger partial charge is 0.409 e. The van der Waals surface area contributed by atoms with E-state index in [1.807, 2.05) is 13.8 Å². The summed E-state index contributed by atoms with van der Waals surface area (Å²) in [7, 11) is 0. The number of amides is 1. The highest BCUT2D eigenvalue weighted by molar-refractivity contribution is 6.06. The lowest BCUT2D eigenvalue weighted by molar-refractivity contribution is -0.128. The fraction of sp³-hybridized carbons (Fsp3) is 0.857. The van der Waals surface area contributed by atoms with Gasteiger partial charge in [-0.3, -0.25) is 4.79 Å². The van der Waals surface area contributed by atoms with Crippen molar-refractivity contribution in [3.8, 4) is 0 Å². The van der Waals surface area contributed by atoms with Crippen LogP contribution in [0.5, 0.6) is 0 Å². The van der Waals surface area contributed by atoms with Crippen LogP contribution in [0.4, 0.5) is 0 Å². The van der Waals surface area contributed by atoms with Gasteiger partial charge >= 0.3 is 0 Å². The van der Waals surface area contributed by atoms with Gasteiger partial charge in [-0.25, -0.2) is 0 Å². The minimum atomic E-state index is -0.923. The Morgan fingerprint density at radius 3 is 2.45 bits per heavy atom. The second-order valence-corrected chi connectivity index (χ2v) is 5.35. The number of amidine groups is 1. The molecule has 0 saturated carbocycles. The van der Waals surface area contributed by atoms with Gasteiger partial charge < -0.3 is 21.0 Å². The van der Waals surface area contributed by atoms with Gasteiger partial charge in [0.15, 0.2) is 5.84 Å². The van der Waals surface area contributed by atoms with E-state index in [0.29, 0.717) is 31.9 Å². The summed E-state index contributed by atoms with van der Waals surface area (Å²) in [5, 5.41) is 14.7. The zero-order valence-electron chi connectivity index (χ0n) is 13.1. The van der Waals surface area contributed by atoms with E-state index in [4.69, 9.17) is 15.7 Å². The molecule has 6 nitrogen and oxygen atoms in total. The molecule has 0 fully saturated rings. The van der Waals surface area contributed by atoms with Crippen LogP contribution < -0.4 is 11.1 Å². The van der Waals surface area contributed by atoms with Gasteiger partial charge in [0.2, 0.25) is 5.91 Å². The van der Waals surface area contributed by atoms with Gasteiger partial charge in [-0.1, -0.05) is 32.9 Å². The molecule has 118 valence electrons. The van der Waals surface area contributed by atoms with Gasteiger partial charge in [0.25, 0.3) is 0 Å². The molecule has 0 heterocycles. The molecule has 0 bridgehead atoms. The average Bonchev–Trinajstić information content (AvgIpc) is 2.43. The van der Waals surface area contributed by atoms with Crippen LogP contribution in [0.15, 0.2) is 5.16 Å². The van der Waals surface area contributed by atoms with E-state index >= 15 is 0 Å². The maximum Gasteiger partial charge on any atom is 0.233 e. The number of nitrogens with zero attached hydrogens (tertiary/aromatic N) is 1. The average molecular weight is 287 g/mol. The van der Waals surface area contributed by atoms with Crippen molar-refractivity contribution in [3.63, 3.8) is 0 Å². The summed E-state index contributed by atoms with van der Waals surface area (Å²) in [4.78, 5) is 12.2. The second kappa shape index (κ2) is 9.58. The summed E-state index contributed by atoms with van der Waals surface area (Å²) in [6.07, 6.45) is 1.74. The highest BCUT2D eigenvalue weighted by Crippen LogP contribution is 2.26. The van der Waals surface area contributed by atoms with Crippen molar-refractivity contribution in [1.29, 1.82) is 0 Å². The van der Waals surface area contributed by atoms with Crippen molar-refractivity contribution < 1.29 is 14.7 Å². The smallest absolute Gasteiger partial charge is 0.233 e. The van der Waals surface area contributed by atoms with Crippen LogP contribution in [0.1, 0.15) is 47.0 Å². The molecule has 20 heavy (non-hydrogen) atoms. The Hall–Kier alpha value is -1.30. The second-order valence-electron chi connectivity index (χ2n) is 5.35. The van der Waals surface area contributed by atoms with E-state index < -0.39 is 5.41 Å². The zero-order chi connectivity index (χ0) is 15.6. The first-order chi connectivity index (χ1) is 9.44. The molecule has 0 spiro atoms. The molecular weight excluding hydrogens is 258 g/mol. The lowest BCUT2D eigenvalue weighted by Gasteiger charge is -2.28. The maximum atomic E-state index is 12.2. The van der Waals surface area contributed by atoms with Crippen molar-refractivity contribution in [3.05, 3.63) is 0 Å². The van der Waals surface area contributed by atoms with Gasteiger partial charge in [-0.05, 0) is 25.2 Å². The first-order valence-electron chi connectivity index (χ1n) is 7.28. The number of carbonyl (C=O) groups is 1. The molecule has 6 heteroatoms. The van der Waals surface area contributed by atoms with Gasteiger partial charge in [0.05, 0.1) is 0 Å². The fourth-order valence-electron chi connectivity index (χ4n) is 2.01. The summed E-state index contributed by atoms with van der Waals surface area (Å²) in [5.41, 5.74) is 4.75. The Morgan fingerprint density at radius 1 is 1.40 bits per heavy atom. The van der Waals surface area contributed by atoms with Crippen molar-refractivity contribution in [2.45, 2.75) is 47.0 Å². The van der Waals surface area contributed by atoms with Crippen LogP contribution in [0.3, 0.4) is 0 Å². The van der Waals surface area contributed by atoms with Crippen molar-refractivity contribution in [2.24, 2.45) is 22.2 Å². The van der Waals surface area contributed by atoms with Crippen LogP contribution in [-0.2, 0) is 9.53 Å². The van der Waals surface area contributed by atoms with Gasteiger partial charge in [-0.2, -0.15) is 0 Å². The van der Waals surface area contributed by atoms with Gasteiger partial charge in [0, 0.05) is 19.8 Å². The Morgan fingerprint density at radius 2 is 2.00 bits per heavy atom. The van der Waals surface area contributed by atoms with E-state index in [-0.39, 0.29) is 11.7 Å². The fourth-order valence-corrected chi connectivity index (χ4v) is 2.01. The Labute approximate surface area is 121 Å². The minimum Gasteiger partial charge on any atom is -0.409 e. The third-order valence-electron chi connectivity index (χ3n) is 3.44. The van der Waals surface area contributed by atoms with Crippen molar-refractivity contribution >= 4 is 11.7 Å². The quantitative estimate of drug-likeness (QED) is 0.187. The molecule has 0 saturated heterocycles. The highest BCUT2D eigenvalue weighted by Gasteiger charge is 2.39. The summed E-state index contributed by atoms with van der Waals surface area (Å²) < 4.78 is 5.44. The molecule has 0 aliphatic carbocycles. The molecule has 0 atom stereocenters. The first-order valence-corrected chi connectivity index (χ1v) is 7.28. The SMILES string of the molecule is CCC(CC)(C(=O)NCCCOCC(C)C)C(N)=NO. The summed E-state index contributed by atoms with van der Waals surface area (Å²) in [6.45, 7) is 9.77. The number of ether oxygens (including phenoxy) is 1. The molecule has 0 unspecified atom stereocenters. The standard InChI is InChI=1S/C14H29N3O3/c1-5-14(6-2,12(15)17-19)13(18)16-8-7-9-20-10-11(3)4/h11,19H,5-10H2,1-4H3,(H2,15,17)(H,16,18). The van der Waals surface area contributed by atoms with Crippen LogP contribution in [0.2, 0.25) is 0 Å². The topological polar surface area (TPSA) is 96.9 Å². The van der Waals surface area contributed by atoms with E-state index in [9.17, 15) is 4.79 Å². The van der Waals surface area contributed by atoms with Crippen LogP contribution in [0.25, 0.3) is 0 Å². The molecule has 0 aliphatic rings. The number of nitrogens with two attached hydrogens (primary N) is 1. The molecule has 0 aromatic heterocycles. The Kier molecular flexibility index (Phi) is 8.96. The van der Waals surface area contributed by atoms with Crippen LogP contribution in [0, 0.1) is 11.3 Å². The highest BCUT2D eigenvalue weighted by atomic mass is 16.5. The van der Waals surface area contributed by atoms with E-state index in [1.165, 1.54) is 0 Å². The summed E-state index contributed by atoms with van der Waals surface area (Å²) >= 11 is 0. The normalized spacial score (nSPS) is 12.8. The van der Waals surface area contributed by atoms with E-state index in [1.54, 1.807) is 0 Å². The number of hydrogen-bond donors (Lipinski definition) is 3. The Bertz CT molecular complexity index is 313. The molecule has 4 N–H and O–H groups in total. The number of carbonyl (C=O) groups excluding carboxylic acids is 1. The third kappa shape index (κ3) is 5.36. The summed E-state index contributed by atoms with van der Waals surface area (Å²) in [5.74, 6) is 0.288. The number of rotatable bonds is 10. The molecule has 0 radical (unpaired) electrons.